The quantitative estimate of drug-likeness (QED) is 0.601. The molecule has 0 aliphatic rings. The Balaban J connectivity index is 2.75. The Labute approximate surface area is 100 Å². The van der Waals surface area contributed by atoms with Crippen molar-refractivity contribution in [3.05, 3.63) is 16.1 Å². The Hall–Kier alpha value is -0.960. The van der Waals surface area contributed by atoms with E-state index in [1.807, 2.05) is 22.6 Å². The van der Waals surface area contributed by atoms with Crippen molar-refractivity contribution in [2.45, 2.75) is 6.04 Å². The van der Waals surface area contributed by atoms with Gasteiger partial charge < -0.3 is 15.2 Å². The number of nitrogens with zero attached hydrogens (tertiary/aromatic N) is 2. The third-order valence-corrected chi connectivity index (χ3v) is 2.44. The summed E-state index contributed by atoms with van der Waals surface area (Å²) in [7, 11) is 1.26. The molecule has 0 saturated heterocycles. The first-order chi connectivity index (χ1) is 7.19. The molecule has 0 aromatic carbocycles. The maximum Gasteiger partial charge on any atom is 0.330 e. The zero-order chi connectivity index (χ0) is 11.3. The van der Waals surface area contributed by atoms with Crippen molar-refractivity contribution in [1.29, 1.82) is 0 Å². The van der Waals surface area contributed by atoms with Gasteiger partial charge in [-0.15, -0.1) is 0 Å². The number of rotatable bonds is 4. The molecule has 1 atom stereocenters. The molecule has 0 aliphatic carbocycles. The molecular weight excluding hydrogens is 313 g/mol. The molecule has 1 rings (SSSR count). The van der Waals surface area contributed by atoms with E-state index in [0.29, 0.717) is 5.82 Å². The lowest BCUT2D eigenvalue weighted by atomic mass is 10.3. The molecule has 0 fully saturated rings. The van der Waals surface area contributed by atoms with Crippen molar-refractivity contribution in [2.75, 3.05) is 19.0 Å². The molecule has 1 unspecified atom stereocenters. The van der Waals surface area contributed by atoms with Crippen LogP contribution in [0, 0.1) is 3.57 Å². The highest BCUT2D eigenvalue weighted by molar-refractivity contribution is 14.1. The molecule has 1 heterocycles. The van der Waals surface area contributed by atoms with Gasteiger partial charge in [-0.25, -0.2) is 14.8 Å². The van der Waals surface area contributed by atoms with E-state index in [0.717, 1.165) is 3.57 Å². The smallest absolute Gasteiger partial charge is 0.330 e. The largest absolute Gasteiger partial charge is 0.467 e. The first kappa shape index (κ1) is 12.1. The summed E-state index contributed by atoms with van der Waals surface area (Å²) >= 11 is 2.02. The lowest BCUT2D eigenvalue weighted by molar-refractivity contribution is -0.142. The van der Waals surface area contributed by atoms with E-state index in [2.05, 4.69) is 20.0 Å². The minimum atomic E-state index is -0.807. The summed E-state index contributed by atoms with van der Waals surface area (Å²) in [5, 5.41) is 11.7. The SMILES string of the molecule is COC(=O)C(CO)Nc1ncncc1I. The van der Waals surface area contributed by atoms with Crippen LogP contribution in [0.15, 0.2) is 12.5 Å². The second kappa shape index (κ2) is 5.81. The summed E-state index contributed by atoms with van der Waals surface area (Å²) in [5.74, 6) is -0.0398. The van der Waals surface area contributed by atoms with Crippen LogP contribution in [0.25, 0.3) is 0 Å². The van der Waals surface area contributed by atoms with E-state index >= 15 is 0 Å². The first-order valence-corrected chi connectivity index (χ1v) is 5.17. The molecule has 1 aromatic heterocycles. The number of anilines is 1. The summed E-state index contributed by atoms with van der Waals surface area (Å²) in [6.45, 7) is -0.354. The van der Waals surface area contributed by atoms with Crippen LogP contribution in [0.2, 0.25) is 0 Å². The number of halogens is 1. The van der Waals surface area contributed by atoms with Crippen LogP contribution in [0.1, 0.15) is 0 Å². The van der Waals surface area contributed by atoms with Crippen LogP contribution in [-0.4, -0.2) is 40.8 Å². The van der Waals surface area contributed by atoms with E-state index in [4.69, 9.17) is 5.11 Å². The predicted octanol–water partition coefficient (Wildman–Crippen LogP) is 0.0270. The summed E-state index contributed by atoms with van der Waals surface area (Å²) in [6, 6.07) is -0.807. The molecule has 0 saturated carbocycles. The van der Waals surface area contributed by atoms with Crippen LogP contribution in [-0.2, 0) is 9.53 Å². The number of aromatic nitrogens is 2. The standard InChI is InChI=1S/C8H10IN3O3/c1-15-8(14)6(3-13)12-7-5(9)2-10-4-11-7/h2,4,6,13H,3H2,1H3,(H,10,11,12). The fraction of sp³-hybridized carbons (Fsp3) is 0.375. The van der Waals surface area contributed by atoms with Crippen molar-refractivity contribution < 1.29 is 14.6 Å². The van der Waals surface area contributed by atoms with Gasteiger partial charge in [0, 0.05) is 6.20 Å². The molecule has 1 aromatic rings. The van der Waals surface area contributed by atoms with E-state index in [9.17, 15) is 4.79 Å². The maximum atomic E-state index is 11.2. The third kappa shape index (κ3) is 3.27. The van der Waals surface area contributed by atoms with E-state index in [1.165, 1.54) is 13.4 Å². The zero-order valence-electron chi connectivity index (χ0n) is 7.98. The Kier molecular flexibility index (Phi) is 4.69. The molecule has 0 radical (unpaired) electrons. The number of carbonyl (C=O) groups is 1. The van der Waals surface area contributed by atoms with Gasteiger partial charge in [0.2, 0.25) is 0 Å². The maximum absolute atomic E-state index is 11.2. The van der Waals surface area contributed by atoms with Gasteiger partial charge in [0.15, 0.2) is 0 Å². The Morgan fingerprint density at radius 1 is 1.80 bits per heavy atom. The number of ether oxygens (including phenoxy) is 1. The van der Waals surface area contributed by atoms with Crippen LogP contribution in [0.4, 0.5) is 5.82 Å². The second-order valence-electron chi connectivity index (χ2n) is 2.62. The van der Waals surface area contributed by atoms with Gasteiger partial charge >= 0.3 is 5.97 Å². The van der Waals surface area contributed by atoms with Crippen molar-refractivity contribution >= 4 is 34.4 Å². The summed E-state index contributed by atoms with van der Waals surface area (Å²) in [5.41, 5.74) is 0. The van der Waals surface area contributed by atoms with Crippen molar-refractivity contribution in [3.8, 4) is 0 Å². The Morgan fingerprint density at radius 2 is 2.53 bits per heavy atom. The van der Waals surface area contributed by atoms with Crippen molar-refractivity contribution in [1.82, 2.24) is 9.97 Å². The van der Waals surface area contributed by atoms with Gasteiger partial charge in [-0.3, -0.25) is 0 Å². The number of aliphatic hydroxyl groups excluding tert-OH is 1. The van der Waals surface area contributed by atoms with E-state index in [-0.39, 0.29) is 6.61 Å². The molecule has 82 valence electrons. The normalized spacial score (nSPS) is 11.9. The highest BCUT2D eigenvalue weighted by Crippen LogP contribution is 2.13. The van der Waals surface area contributed by atoms with Crippen molar-refractivity contribution in [2.24, 2.45) is 0 Å². The Bertz CT molecular complexity index is 348. The molecule has 0 amide bonds. The van der Waals surface area contributed by atoms with Crippen LogP contribution < -0.4 is 5.32 Å². The topological polar surface area (TPSA) is 84.3 Å². The molecule has 2 N–H and O–H groups in total. The zero-order valence-corrected chi connectivity index (χ0v) is 10.1. The number of methoxy groups -OCH3 is 1. The third-order valence-electron chi connectivity index (χ3n) is 1.65. The number of hydrogen-bond acceptors (Lipinski definition) is 6. The number of hydrogen-bond donors (Lipinski definition) is 2. The lowest BCUT2D eigenvalue weighted by Crippen LogP contribution is -2.34. The number of carbonyl (C=O) groups excluding carboxylic acids is 1. The summed E-state index contributed by atoms with van der Waals surface area (Å²) in [4.78, 5) is 18.9. The van der Waals surface area contributed by atoms with E-state index < -0.39 is 12.0 Å². The van der Waals surface area contributed by atoms with Gasteiger partial charge in [0.1, 0.15) is 18.2 Å². The molecule has 0 bridgehead atoms. The van der Waals surface area contributed by atoms with Gasteiger partial charge in [0.05, 0.1) is 17.3 Å². The second-order valence-corrected chi connectivity index (χ2v) is 3.78. The van der Waals surface area contributed by atoms with E-state index in [1.54, 1.807) is 6.20 Å². The molecule has 6 nitrogen and oxygen atoms in total. The van der Waals surface area contributed by atoms with Crippen molar-refractivity contribution in [3.63, 3.8) is 0 Å². The molecular formula is C8H10IN3O3. The van der Waals surface area contributed by atoms with Crippen LogP contribution >= 0.6 is 22.6 Å². The summed E-state index contributed by atoms with van der Waals surface area (Å²) in [6.07, 6.45) is 2.96. The average Bonchev–Trinajstić information content (AvgIpc) is 2.27. The summed E-state index contributed by atoms with van der Waals surface area (Å²) < 4.78 is 5.27. The molecule has 15 heavy (non-hydrogen) atoms. The monoisotopic (exact) mass is 323 g/mol. The Morgan fingerprint density at radius 3 is 3.07 bits per heavy atom. The minimum Gasteiger partial charge on any atom is -0.467 e. The highest BCUT2D eigenvalue weighted by atomic mass is 127. The van der Waals surface area contributed by atoms with Crippen LogP contribution in [0.5, 0.6) is 0 Å². The van der Waals surface area contributed by atoms with Gasteiger partial charge in [0.25, 0.3) is 0 Å². The molecule has 0 aliphatic heterocycles. The minimum absolute atomic E-state index is 0.354. The fourth-order valence-electron chi connectivity index (χ4n) is 0.905. The van der Waals surface area contributed by atoms with Gasteiger partial charge in [-0.2, -0.15) is 0 Å². The molecule has 7 heteroatoms. The number of esters is 1. The lowest BCUT2D eigenvalue weighted by Gasteiger charge is -2.14. The number of aliphatic hydroxyl groups is 1. The van der Waals surface area contributed by atoms with Gasteiger partial charge in [-0.05, 0) is 22.6 Å². The van der Waals surface area contributed by atoms with Crippen LogP contribution in [0.3, 0.4) is 0 Å². The highest BCUT2D eigenvalue weighted by Gasteiger charge is 2.19. The first-order valence-electron chi connectivity index (χ1n) is 4.09. The molecule has 0 spiro atoms. The number of nitrogens with one attached hydrogen (secondary N) is 1. The van der Waals surface area contributed by atoms with Gasteiger partial charge in [-0.1, -0.05) is 0 Å². The predicted molar refractivity (Wildman–Crippen MR) is 61.3 cm³/mol. The fourth-order valence-corrected chi connectivity index (χ4v) is 1.36. The average molecular weight is 323 g/mol.